The summed E-state index contributed by atoms with van der Waals surface area (Å²) in [5.74, 6) is 6.57. The quantitative estimate of drug-likeness (QED) is 0.760. The zero-order chi connectivity index (χ0) is 13.7. The van der Waals surface area contributed by atoms with Crippen LogP contribution in [-0.2, 0) is 0 Å². The van der Waals surface area contributed by atoms with Gasteiger partial charge in [0.1, 0.15) is 0 Å². The number of hydrogen-bond acceptors (Lipinski definition) is 1. The van der Waals surface area contributed by atoms with Crippen LogP contribution in [0.3, 0.4) is 0 Å². The second kappa shape index (κ2) is 4.66. The van der Waals surface area contributed by atoms with Crippen LogP contribution in [0.15, 0.2) is 0 Å². The SMILES string of the molecule is C1C2CC3CC1CC(NC14CC5CC(CC(C5)C1)C4)(C2)C3.Cl. The molecule has 22 heavy (non-hydrogen) atoms. The number of halogens is 1. The van der Waals surface area contributed by atoms with Crippen molar-refractivity contribution in [1.29, 1.82) is 0 Å². The first kappa shape index (κ1) is 14.6. The van der Waals surface area contributed by atoms with Gasteiger partial charge < -0.3 is 5.32 Å². The highest BCUT2D eigenvalue weighted by Crippen LogP contribution is 2.60. The van der Waals surface area contributed by atoms with Gasteiger partial charge in [0.2, 0.25) is 0 Å². The fraction of sp³-hybridized carbons (Fsp3) is 1.00. The van der Waals surface area contributed by atoms with Crippen molar-refractivity contribution in [3.8, 4) is 0 Å². The highest BCUT2D eigenvalue weighted by Gasteiger charge is 2.57. The Morgan fingerprint density at radius 3 is 0.909 bits per heavy atom. The van der Waals surface area contributed by atoms with Crippen molar-refractivity contribution in [2.75, 3.05) is 0 Å². The summed E-state index contributed by atoms with van der Waals surface area (Å²) < 4.78 is 0. The molecule has 0 amide bonds. The lowest BCUT2D eigenvalue weighted by Gasteiger charge is -2.64. The number of rotatable bonds is 2. The largest absolute Gasteiger partial charge is 0.306 e. The van der Waals surface area contributed by atoms with Crippen LogP contribution in [-0.4, -0.2) is 11.1 Å². The van der Waals surface area contributed by atoms with Crippen molar-refractivity contribution in [1.82, 2.24) is 5.32 Å². The van der Waals surface area contributed by atoms with E-state index in [1.165, 1.54) is 0 Å². The van der Waals surface area contributed by atoms with E-state index in [0.29, 0.717) is 11.1 Å². The van der Waals surface area contributed by atoms with Crippen molar-refractivity contribution >= 4 is 12.4 Å². The third-order valence-corrected chi connectivity index (χ3v) is 8.61. The van der Waals surface area contributed by atoms with E-state index >= 15 is 0 Å². The van der Waals surface area contributed by atoms with Crippen LogP contribution in [0, 0.1) is 35.5 Å². The van der Waals surface area contributed by atoms with E-state index in [1.54, 1.807) is 77.0 Å². The average molecular weight is 322 g/mol. The van der Waals surface area contributed by atoms with Gasteiger partial charge in [-0.05, 0) is 113 Å². The van der Waals surface area contributed by atoms with Crippen molar-refractivity contribution in [2.24, 2.45) is 35.5 Å². The molecule has 1 N–H and O–H groups in total. The molecule has 8 rings (SSSR count). The monoisotopic (exact) mass is 321 g/mol. The molecule has 0 saturated heterocycles. The zero-order valence-corrected chi connectivity index (χ0v) is 14.7. The number of nitrogens with one attached hydrogen (secondary N) is 1. The first-order valence-corrected chi connectivity index (χ1v) is 9.97. The molecule has 0 aromatic heterocycles. The maximum Gasteiger partial charge on any atom is 0.0194 e. The minimum atomic E-state index is 0. The first-order valence-electron chi connectivity index (χ1n) is 9.97. The zero-order valence-electron chi connectivity index (χ0n) is 13.9. The molecular formula is C20H32ClN. The van der Waals surface area contributed by atoms with Crippen molar-refractivity contribution < 1.29 is 0 Å². The molecule has 0 heterocycles. The van der Waals surface area contributed by atoms with E-state index < -0.39 is 0 Å². The van der Waals surface area contributed by atoms with E-state index in [9.17, 15) is 0 Å². The normalized spacial score (nSPS) is 60.5. The van der Waals surface area contributed by atoms with Crippen molar-refractivity contribution in [2.45, 2.75) is 88.1 Å². The van der Waals surface area contributed by atoms with Crippen LogP contribution < -0.4 is 5.32 Å². The highest BCUT2D eigenvalue weighted by atomic mass is 35.5. The van der Waals surface area contributed by atoms with E-state index in [-0.39, 0.29) is 12.4 Å². The van der Waals surface area contributed by atoms with Crippen molar-refractivity contribution in [3.63, 3.8) is 0 Å². The van der Waals surface area contributed by atoms with Gasteiger partial charge in [0.15, 0.2) is 0 Å². The predicted molar refractivity (Wildman–Crippen MR) is 92.2 cm³/mol. The van der Waals surface area contributed by atoms with E-state index in [2.05, 4.69) is 5.32 Å². The van der Waals surface area contributed by atoms with Crippen LogP contribution >= 0.6 is 12.4 Å². The molecule has 1 nitrogen and oxygen atoms in total. The van der Waals surface area contributed by atoms with Gasteiger partial charge in [-0.3, -0.25) is 0 Å². The molecule has 124 valence electrons. The molecule has 0 aliphatic heterocycles. The summed E-state index contributed by atoms with van der Waals surface area (Å²) in [4.78, 5) is 0. The van der Waals surface area contributed by atoms with Crippen LogP contribution in [0.25, 0.3) is 0 Å². The predicted octanol–water partition coefficient (Wildman–Crippen LogP) is 4.94. The molecule has 2 heteroatoms. The molecule has 8 aliphatic rings. The van der Waals surface area contributed by atoms with Gasteiger partial charge in [0.05, 0.1) is 0 Å². The minimum Gasteiger partial charge on any atom is -0.306 e. The standard InChI is InChI=1S/C20H31N.ClH/c1-13-2-15-3-14(1)8-19(7-13,9-15)21-20-10-16-4-17(11-20)6-18(5-16)12-20;/h13-18,21H,1-12H2;1H. The fourth-order valence-corrected chi connectivity index (χ4v) is 9.09. The van der Waals surface area contributed by atoms with Gasteiger partial charge in [-0.15, -0.1) is 12.4 Å². The summed E-state index contributed by atoms with van der Waals surface area (Å²) in [6.45, 7) is 0. The summed E-state index contributed by atoms with van der Waals surface area (Å²) in [5, 5.41) is 4.47. The Balaban J connectivity index is 0.00000113. The molecule has 8 bridgehead atoms. The van der Waals surface area contributed by atoms with E-state index in [4.69, 9.17) is 0 Å². The van der Waals surface area contributed by atoms with Crippen LogP contribution in [0.4, 0.5) is 0 Å². The summed E-state index contributed by atoms with van der Waals surface area (Å²) in [7, 11) is 0. The van der Waals surface area contributed by atoms with Gasteiger partial charge in [-0.2, -0.15) is 0 Å². The molecular weight excluding hydrogens is 290 g/mol. The van der Waals surface area contributed by atoms with Gasteiger partial charge >= 0.3 is 0 Å². The third kappa shape index (κ3) is 2.07. The maximum atomic E-state index is 4.47. The minimum absolute atomic E-state index is 0. The lowest BCUT2D eigenvalue weighted by Crippen LogP contribution is -2.68. The lowest BCUT2D eigenvalue weighted by molar-refractivity contribution is -0.0816. The molecule has 0 unspecified atom stereocenters. The molecule has 8 aliphatic carbocycles. The van der Waals surface area contributed by atoms with Crippen molar-refractivity contribution in [3.05, 3.63) is 0 Å². The maximum absolute atomic E-state index is 4.47. The Bertz CT molecular complexity index is 358. The number of hydrogen-bond donors (Lipinski definition) is 1. The van der Waals surface area contributed by atoms with Gasteiger partial charge in [-0.1, -0.05) is 0 Å². The topological polar surface area (TPSA) is 12.0 Å². The van der Waals surface area contributed by atoms with Crippen LogP contribution in [0.5, 0.6) is 0 Å². The molecule has 0 spiro atoms. The summed E-state index contributed by atoms with van der Waals surface area (Å²) in [6.07, 6.45) is 18.8. The summed E-state index contributed by atoms with van der Waals surface area (Å²) in [5.41, 5.74) is 1.20. The molecule has 0 aromatic carbocycles. The van der Waals surface area contributed by atoms with Gasteiger partial charge in [-0.25, -0.2) is 0 Å². The second-order valence-electron chi connectivity index (χ2n) is 10.5. The summed E-state index contributed by atoms with van der Waals surface area (Å²) in [6, 6.07) is 0. The Kier molecular flexibility index (Phi) is 3.09. The lowest BCUT2D eigenvalue weighted by atomic mass is 9.49. The molecule has 8 fully saturated rings. The molecule has 0 atom stereocenters. The van der Waals surface area contributed by atoms with E-state index in [0.717, 1.165) is 35.5 Å². The Morgan fingerprint density at radius 1 is 0.455 bits per heavy atom. The smallest absolute Gasteiger partial charge is 0.0194 e. The van der Waals surface area contributed by atoms with Crippen LogP contribution in [0.2, 0.25) is 0 Å². The Morgan fingerprint density at radius 2 is 0.682 bits per heavy atom. The Labute approximate surface area is 141 Å². The van der Waals surface area contributed by atoms with Crippen LogP contribution in [0.1, 0.15) is 77.0 Å². The van der Waals surface area contributed by atoms with Gasteiger partial charge in [0, 0.05) is 11.1 Å². The van der Waals surface area contributed by atoms with E-state index in [1.807, 2.05) is 0 Å². The Hall–Kier alpha value is 0.250. The average Bonchev–Trinajstić information content (AvgIpc) is 2.33. The summed E-state index contributed by atoms with van der Waals surface area (Å²) >= 11 is 0. The third-order valence-electron chi connectivity index (χ3n) is 8.61. The first-order chi connectivity index (χ1) is 10.2. The molecule has 8 saturated carbocycles. The fourth-order valence-electron chi connectivity index (χ4n) is 9.09. The molecule has 0 radical (unpaired) electrons. The van der Waals surface area contributed by atoms with Gasteiger partial charge in [0.25, 0.3) is 0 Å². The highest BCUT2D eigenvalue weighted by molar-refractivity contribution is 5.85. The molecule has 0 aromatic rings. The second-order valence-corrected chi connectivity index (χ2v) is 10.5.